The van der Waals surface area contributed by atoms with Crippen LogP contribution in [0.2, 0.25) is 0 Å². The largest absolute Gasteiger partial charge is 0.497 e. The lowest BCUT2D eigenvalue weighted by Gasteiger charge is -2.14. The van der Waals surface area contributed by atoms with E-state index in [0.717, 1.165) is 17.0 Å². The number of aromatic nitrogens is 3. The molecule has 3 rings (SSSR count). The van der Waals surface area contributed by atoms with Crippen LogP contribution in [-0.4, -0.2) is 27.7 Å². The molecule has 0 saturated carbocycles. The van der Waals surface area contributed by atoms with Crippen LogP contribution < -0.4 is 15.6 Å². The van der Waals surface area contributed by atoms with E-state index in [0.29, 0.717) is 17.9 Å². The van der Waals surface area contributed by atoms with Crippen LogP contribution in [0.25, 0.3) is 11.4 Å². The second kappa shape index (κ2) is 9.59. The fourth-order valence-corrected chi connectivity index (χ4v) is 3.43. The monoisotopic (exact) mass is 424 g/mol. The van der Waals surface area contributed by atoms with Gasteiger partial charge < -0.3 is 19.1 Å². The highest BCUT2D eigenvalue weighted by Crippen LogP contribution is 2.18. The predicted molar refractivity (Wildman–Crippen MR) is 117 cm³/mol. The van der Waals surface area contributed by atoms with Crippen LogP contribution in [-0.2, 0) is 11.2 Å². The van der Waals surface area contributed by atoms with E-state index in [9.17, 15) is 9.59 Å². The van der Waals surface area contributed by atoms with Crippen LogP contribution in [0.1, 0.15) is 56.4 Å². The Morgan fingerprint density at radius 3 is 2.52 bits per heavy atom. The summed E-state index contributed by atoms with van der Waals surface area (Å²) in [5.74, 6) is 1.20. The van der Waals surface area contributed by atoms with Crippen LogP contribution >= 0.6 is 0 Å². The molecular formula is C23H28N4O4. The number of nitrogens with zero attached hydrogens (tertiary/aromatic N) is 3. The molecule has 0 aliphatic heterocycles. The minimum atomic E-state index is -0.159. The molecule has 1 N–H and O–H groups in total. The number of methoxy groups -OCH3 is 1. The standard InChI is InChI=1S/C23H28N4O4/c1-14(2)27-15(3)6-11-19(23(27)29)22-25-21(31-26-22)13-12-20(28)24-16(4)17-7-9-18(30-5)10-8-17/h6-11,14,16H,12-13H2,1-5H3,(H,24,28). The number of hydrogen-bond acceptors (Lipinski definition) is 6. The van der Waals surface area contributed by atoms with Crippen LogP contribution in [0, 0.1) is 6.92 Å². The number of ether oxygens (including phenoxy) is 1. The second-order valence-corrected chi connectivity index (χ2v) is 7.73. The number of hydrogen-bond donors (Lipinski definition) is 1. The highest BCUT2D eigenvalue weighted by molar-refractivity contribution is 5.76. The lowest BCUT2D eigenvalue weighted by molar-refractivity contribution is -0.121. The van der Waals surface area contributed by atoms with Gasteiger partial charge in [0.2, 0.25) is 17.6 Å². The van der Waals surface area contributed by atoms with Crippen molar-refractivity contribution < 1.29 is 14.1 Å². The summed E-state index contributed by atoms with van der Waals surface area (Å²) in [6, 6.07) is 11.0. The van der Waals surface area contributed by atoms with Crippen molar-refractivity contribution in [2.75, 3.05) is 7.11 Å². The second-order valence-electron chi connectivity index (χ2n) is 7.73. The van der Waals surface area contributed by atoms with Crippen molar-refractivity contribution in [3.8, 4) is 17.1 Å². The zero-order valence-corrected chi connectivity index (χ0v) is 18.5. The molecule has 0 aliphatic carbocycles. The van der Waals surface area contributed by atoms with Gasteiger partial charge in [-0.1, -0.05) is 17.3 Å². The molecule has 0 radical (unpaired) electrons. The van der Waals surface area contributed by atoms with Gasteiger partial charge in [0.25, 0.3) is 5.56 Å². The summed E-state index contributed by atoms with van der Waals surface area (Å²) in [5, 5.41) is 6.89. The molecule has 1 unspecified atom stereocenters. The Labute approximate surface area is 181 Å². The Hall–Kier alpha value is -3.42. The van der Waals surface area contributed by atoms with E-state index >= 15 is 0 Å². The molecule has 3 aromatic rings. The molecule has 8 nitrogen and oxygen atoms in total. The van der Waals surface area contributed by atoms with Gasteiger partial charge in [0.15, 0.2) is 0 Å². The molecule has 8 heteroatoms. The first kappa shape index (κ1) is 22.3. The number of rotatable bonds is 8. The van der Waals surface area contributed by atoms with Gasteiger partial charge in [0.05, 0.1) is 18.7 Å². The summed E-state index contributed by atoms with van der Waals surface area (Å²) in [6.45, 7) is 7.71. The summed E-state index contributed by atoms with van der Waals surface area (Å²) >= 11 is 0. The number of carbonyl (C=O) groups is 1. The lowest BCUT2D eigenvalue weighted by atomic mass is 10.1. The molecule has 0 aliphatic rings. The van der Waals surface area contributed by atoms with Gasteiger partial charge in [-0.3, -0.25) is 9.59 Å². The van der Waals surface area contributed by atoms with E-state index in [4.69, 9.17) is 9.26 Å². The van der Waals surface area contributed by atoms with Gasteiger partial charge in [-0.15, -0.1) is 0 Å². The van der Waals surface area contributed by atoms with Crippen LogP contribution in [0.4, 0.5) is 0 Å². The Morgan fingerprint density at radius 1 is 1.16 bits per heavy atom. The van der Waals surface area contributed by atoms with E-state index in [1.165, 1.54) is 0 Å². The maximum Gasteiger partial charge on any atom is 0.262 e. The molecule has 1 atom stereocenters. The number of nitrogens with one attached hydrogen (secondary N) is 1. The smallest absolute Gasteiger partial charge is 0.262 e. The first-order valence-electron chi connectivity index (χ1n) is 10.3. The van der Waals surface area contributed by atoms with Crippen molar-refractivity contribution >= 4 is 5.91 Å². The molecular weight excluding hydrogens is 396 g/mol. The van der Waals surface area contributed by atoms with Crippen LogP contribution in [0.5, 0.6) is 5.75 Å². The summed E-state index contributed by atoms with van der Waals surface area (Å²) in [4.78, 5) is 29.4. The molecule has 2 aromatic heterocycles. The number of pyridine rings is 1. The van der Waals surface area contributed by atoms with Gasteiger partial charge in [0, 0.05) is 24.6 Å². The Balaban J connectivity index is 1.62. The minimum Gasteiger partial charge on any atom is -0.497 e. The van der Waals surface area contributed by atoms with Gasteiger partial charge in [-0.25, -0.2) is 0 Å². The molecule has 1 aromatic carbocycles. The predicted octanol–water partition coefficient (Wildman–Crippen LogP) is 3.61. The van der Waals surface area contributed by atoms with Crippen molar-refractivity contribution in [2.45, 2.75) is 52.6 Å². The number of amides is 1. The zero-order valence-electron chi connectivity index (χ0n) is 18.5. The Kier molecular flexibility index (Phi) is 6.89. The van der Waals surface area contributed by atoms with Crippen molar-refractivity contribution in [3.05, 3.63) is 63.9 Å². The quantitative estimate of drug-likeness (QED) is 0.593. The Bertz CT molecular complexity index is 1100. The van der Waals surface area contributed by atoms with Crippen LogP contribution in [0.15, 0.2) is 45.7 Å². The van der Waals surface area contributed by atoms with E-state index in [2.05, 4.69) is 15.5 Å². The Morgan fingerprint density at radius 2 is 1.87 bits per heavy atom. The third kappa shape index (κ3) is 5.20. The van der Waals surface area contributed by atoms with E-state index in [1.807, 2.05) is 58.0 Å². The molecule has 0 fully saturated rings. The van der Waals surface area contributed by atoms with Gasteiger partial charge in [-0.05, 0) is 57.5 Å². The summed E-state index contributed by atoms with van der Waals surface area (Å²) in [7, 11) is 1.61. The summed E-state index contributed by atoms with van der Waals surface area (Å²) in [6.07, 6.45) is 0.491. The highest BCUT2D eigenvalue weighted by atomic mass is 16.5. The van der Waals surface area contributed by atoms with Gasteiger partial charge in [0.1, 0.15) is 5.75 Å². The number of carbonyl (C=O) groups excluding carboxylic acids is 1. The van der Waals surface area contributed by atoms with Gasteiger partial charge >= 0.3 is 0 Å². The van der Waals surface area contributed by atoms with Crippen molar-refractivity contribution in [1.29, 1.82) is 0 Å². The molecule has 164 valence electrons. The summed E-state index contributed by atoms with van der Waals surface area (Å²) in [5.41, 5.74) is 2.07. The maximum atomic E-state index is 12.8. The average molecular weight is 425 g/mol. The number of aryl methyl sites for hydroxylation is 2. The van der Waals surface area contributed by atoms with Crippen molar-refractivity contribution in [2.24, 2.45) is 0 Å². The maximum absolute atomic E-state index is 12.8. The van der Waals surface area contributed by atoms with E-state index in [1.54, 1.807) is 17.7 Å². The summed E-state index contributed by atoms with van der Waals surface area (Å²) < 4.78 is 12.1. The topological polar surface area (TPSA) is 99.2 Å². The first-order valence-corrected chi connectivity index (χ1v) is 10.3. The third-order valence-corrected chi connectivity index (χ3v) is 5.11. The number of benzene rings is 1. The SMILES string of the molecule is COc1ccc(C(C)NC(=O)CCc2nc(-c3ccc(C)n(C(C)C)c3=O)no2)cc1. The highest BCUT2D eigenvalue weighted by Gasteiger charge is 2.17. The average Bonchev–Trinajstić information content (AvgIpc) is 3.21. The molecule has 0 spiro atoms. The fourth-order valence-electron chi connectivity index (χ4n) is 3.43. The van der Waals surface area contributed by atoms with Crippen molar-refractivity contribution in [3.63, 3.8) is 0 Å². The zero-order chi connectivity index (χ0) is 22.5. The minimum absolute atomic E-state index is 0.0233. The van der Waals surface area contributed by atoms with Crippen LogP contribution in [0.3, 0.4) is 0 Å². The lowest BCUT2D eigenvalue weighted by Crippen LogP contribution is -2.26. The normalized spacial score (nSPS) is 12.1. The van der Waals surface area contributed by atoms with Gasteiger partial charge in [-0.2, -0.15) is 4.98 Å². The molecule has 0 saturated heterocycles. The molecule has 0 bridgehead atoms. The first-order chi connectivity index (χ1) is 14.8. The molecule has 31 heavy (non-hydrogen) atoms. The van der Waals surface area contributed by atoms with Crippen molar-refractivity contribution in [1.82, 2.24) is 20.0 Å². The molecule has 2 heterocycles. The molecule has 1 amide bonds. The third-order valence-electron chi connectivity index (χ3n) is 5.11. The fraction of sp³-hybridized carbons (Fsp3) is 0.391. The van der Waals surface area contributed by atoms with E-state index in [-0.39, 0.29) is 35.8 Å². The van der Waals surface area contributed by atoms with E-state index < -0.39 is 0 Å².